The minimum absolute atomic E-state index is 0.555. The van der Waals surface area contributed by atoms with Crippen molar-refractivity contribution in [2.45, 2.75) is 27.2 Å². The Kier molecular flexibility index (Phi) is 9.29. The predicted octanol–water partition coefficient (Wildman–Crippen LogP) is 2.45. The number of aliphatic imine (C=N–C) groups is 1. The summed E-state index contributed by atoms with van der Waals surface area (Å²) >= 11 is 1.83. The van der Waals surface area contributed by atoms with E-state index in [0.29, 0.717) is 11.8 Å². The van der Waals surface area contributed by atoms with Crippen molar-refractivity contribution in [2.24, 2.45) is 16.8 Å². The van der Waals surface area contributed by atoms with Crippen LogP contribution in [-0.2, 0) is 11.2 Å². The van der Waals surface area contributed by atoms with Gasteiger partial charge in [0.05, 0.1) is 13.2 Å². The van der Waals surface area contributed by atoms with Gasteiger partial charge in [0.25, 0.3) is 0 Å². The van der Waals surface area contributed by atoms with Crippen molar-refractivity contribution in [3.05, 3.63) is 22.4 Å². The van der Waals surface area contributed by atoms with Crippen LogP contribution in [0.3, 0.4) is 0 Å². The maximum absolute atomic E-state index is 5.42. The molecule has 0 aliphatic carbocycles. The maximum Gasteiger partial charge on any atom is 0.191 e. The number of hydrogen-bond acceptors (Lipinski definition) is 4. The summed E-state index contributed by atoms with van der Waals surface area (Å²) in [7, 11) is 0. The summed E-state index contributed by atoms with van der Waals surface area (Å²) in [5.41, 5.74) is 0. The van der Waals surface area contributed by atoms with Crippen LogP contribution in [0.15, 0.2) is 22.5 Å². The fourth-order valence-corrected chi connectivity index (χ4v) is 3.86. The molecule has 1 aromatic rings. The molecule has 0 bridgehead atoms. The molecule has 1 aromatic heterocycles. The van der Waals surface area contributed by atoms with Gasteiger partial charge in [-0.05, 0) is 36.6 Å². The van der Waals surface area contributed by atoms with E-state index in [1.807, 2.05) is 11.3 Å². The smallest absolute Gasteiger partial charge is 0.191 e. The lowest BCUT2D eigenvalue weighted by Crippen LogP contribution is -2.44. The molecule has 25 heavy (non-hydrogen) atoms. The van der Waals surface area contributed by atoms with Gasteiger partial charge in [-0.15, -0.1) is 11.3 Å². The van der Waals surface area contributed by atoms with Crippen LogP contribution < -0.4 is 10.6 Å². The van der Waals surface area contributed by atoms with Crippen LogP contribution in [0.1, 0.15) is 25.6 Å². The number of rotatable bonds is 9. The molecule has 1 aliphatic rings. The van der Waals surface area contributed by atoms with Gasteiger partial charge in [0.1, 0.15) is 0 Å². The second kappa shape index (κ2) is 11.5. The second-order valence-corrected chi connectivity index (χ2v) is 8.04. The number of morpholine rings is 1. The molecular weight excluding hydrogens is 332 g/mol. The van der Waals surface area contributed by atoms with Crippen LogP contribution in [0.4, 0.5) is 0 Å². The highest BCUT2D eigenvalue weighted by atomic mass is 32.1. The van der Waals surface area contributed by atoms with Crippen LogP contribution in [0.25, 0.3) is 0 Å². The summed E-state index contributed by atoms with van der Waals surface area (Å²) in [6.07, 6.45) is 1.11. The molecule has 2 N–H and O–H groups in total. The largest absolute Gasteiger partial charge is 0.379 e. The third kappa shape index (κ3) is 8.21. The van der Waals surface area contributed by atoms with Gasteiger partial charge in [-0.2, -0.15) is 0 Å². The second-order valence-electron chi connectivity index (χ2n) is 7.01. The molecular formula is C19H34N4OS. The SMILES string of the molecule is CCNC(=NCC(C)Cc1cccs1)NCC(C)CN1CCOCC1. The molecule has 6 heteroatoms. The van der Waals surface area contributed by atoms with Gasteiger partial charge in [0.2, 0.25) is 0 Å². The van der Waals surface area contributed by atoms with E-state index in [4.69, 9.17) is 9.73 Å². The Morgan fingerprint density at radius 1 is 1.28 bits per heavy atom. The third-order valence-electron chi connectivity index (χ3n) is 4.33. The van der Waals surface area contributed by atoms with Gasteiger partial charge < -0.3 is 15.4 Å². The number of ether oxygens (including phenoxy) is 1. The lowest BCUT2D eigenvalue weighted by molar-refractivity contribution is 0.0320. The lowest BCUT2D eigenvalue weighted by Gasteiger charge is -2.29. The van der Waals surface area contributed by atoms with E-state index in [-0.39, 0.29) is 0 Å². The molecule has 0 saturated carbocycles. The first kappa shape index (κ1) is 20.2. The fraction of sp³-hybridized carbons (Fsp3) is 0.737. The number of nitrogens with one attached hydrogen (secondary N) is 2. The molecule has 0 amide bonds. The third-order valence-corrected chi connectivity index (χ3v) is 5.23. The number of guanidine groups is 1. The van der Waals surface area contributed by atoms with E-state index in [1.165, 1.54) is 4.88 Å². The topological polar surface area (TPSA) is 48.9 Å². The molecule has 2 rings (SSSR count). The van der Waals surface area contributed by atoms with E-state index in [9.17, 15) is 0 Å². The van der Waals surface area contributed by atoms with Gasteiger partial charge in [-0.3, -0.25) is 9.89 Å². The van der Waals surface area contributed by atoms with E-state index in [0.717, 1.165) is 64.9 Å². The van der Waals surface area contributed by atoms with Crippen LogP contribution in [0.2, 0.25) is 0 Å². The van der Waals surface area contributed by atoms with E-state index in [1.54, 1.807) is 0 Å². The minimum atomic E-state index is 0.555. The van der Waals surface area contributed by atoms with E-state index in [2.05, 4.69) is 53.8 Å². The maximum atomic E-state index is 5.42. The Hall–Kier alpha value is -1.11. The molecule has 1 aliphatic heterocycles. The van der Waals surface area contributed by atoms with Crippen molar-refractivity contribution >= 4 is 17.3 Å². The fourth-order valence-electron chi connectivity index (χ4n) is 2.99. The first-order valence-electron chi connectivity index (χ1n) is 9.52. The van der Waals surface area contributed by atoms with Crippen molar-refractivity contribution in [1.29, 1.82) is 0 Å². The molecule has 0 spiro atoms. The Morgan fingerprint density at radius 3 is 2.76 bits per heavy atom. The van der Waals surface area contributed by atoms with Crippen LogP contribution in [0.5, 0.6) is 0 Å². The van der Waals surface area contributed by atoms with Crippen molar-refractivity contribution in [3.8, 4) is 0 Å². The molecule has 0 aromatic carbocycles. The van der Waals surface area contributed by atoms with Gasteiger partial charge in [-0.1, -0.05) is 19.9 Å². The number of thiophene rings is 1. The van der Waals surface area contributed by atoms with Crippen LogP contribution in [0, 0.1) is 11.8 Å². The van der Waals surface area contributed by atoms with Gasteiger partial charge >= 0.3 is 0 Å². The Balaban J connectivity index is 1.72. The zero-order valence-electron chi connectivity index (χ0n) is 16.0. The zero-order chi connectivity index (χ0) is 17.9. The quantitative estimate of drug-likeness (QED) is 0.521. The summed E-state index contributed by atoms with van der Waals surface area (Å²) in [6.45, 7) is 14.3. The molecule has 1 saturated heterocycles. The first-order chi connectivity index (χ1) is 12.2. The normalized spacial score (nSPS) is 18.8. The summed E-state index contributed by atoms with van der Waals surface area (Å²) in [4.78, 5) is 8.71. The van der Waals surface area contributed by atoms with E-state index < -0.39 is 0 Å². The highest BCUT2D eigenvalue weighted by molar-refractivity contribution is 7.09. The molecule has 2 heterocycles. The average molecular weight is 367 g/mol. The average Bonchev–Trinajstić information content (AvgIpc) is 3.11. The van der Waals surface area contributed by atoms with Gasteiger partial charge in [0.15, 0.2) is 5.96 Å². The van der Waals surface area contributed by atoms with Gasteiger partial charge in [-0.25, -0.2) is 0 Å². The Labute approximate surface area is 156 Å². The predicted molar refractivity (Wildman–Crippen MR) is 108 cm³/mol. The molecule has 5 nitrogen and oxygen atoms in total. The highest BCUT2D eigenvalue weighted by Crippen LogP contribution is 2.14. The molecule has 2 atom stereocenters. The van der Waals surface area contributed by atoms with Gasteiger partial charge in [0, 0.05) is 44.1 Å². The first-order valence-corrected chi connectivity index (χ1v) is 10.4. The standard InChI is InChI=1S/C19H34N4OS/c1-4-20-19(21-13-16(2)12-18-6-5-11-25-18)22-14-17(3)15-23-7-9-24-10-8-23/h5-6,11,16-17H,4,7-10,12-15H2,1-3H3,(H2,20,21,22). The van der Waals surface area contributed by atoms with E-state index >= 15 is 0 Å². The summed E-state index contributed by atoms with van der Waals surface area (Å²) in [5, 5.41) is 9.02. The minimum Gasteiger partial charge on any atom is -0.379 e. The van der Waals surface area contributed by atoms with Crippen molar-refractivity contribution in [1.82, 2.24) is 15.5 Å². The zero-order valence-corrected chi connectivity index (χ0v) is 16.8. The van der Waals surface area contributed by atoms with Crippen molar-refractivity contribution in [2.75, 3.05) is 52.5 Å². The van der Waals surface area contributed by atoms with Crippen LogP contribution in [-0.4, -0.2) is 63.3 Å². The molecule has 1 fully saturated rings. The Morgan fingerprint density at radius 2 is 2.08 bits per heavy atom. The monoisotopic (exact) mass is 366 g/mol. The summed E-state index contributed by atoms with van der Waals surface area (Å²) < 4.78 is 5.42. The molecule has 0 radical (unpaired) electrons. The molecule has 142 valence electrons. The summed E-state index contributed by atoms with van der Waals surface area (Å²) in [6, 6.07) is 4.33. The number of hydrogen-bond donors (Lipinski definition) is 2. The number of nitrogens with zero attached hydrogens (tertiary/aromatic N) is 2. The molecule has 2 unspecified atom stereocenters. The Bertz CT molecular complexity index is 486. The van der Waals surface area contributed by atoms with Crippen LogP contribution >= 0.6 is 11.3 Å². The lowest BCUT2D eigenvalue weighted by atomic mass is 10.1. The van der Waals surface area contributed by atoms with Crippen molar-refractivity contribution < 1.29 is 4.74 Å². The summed E-state index contributed by atoms with van der Waals surface area (Å²) in [5.74, 6) is 2.08. The van der Waals surface area contributed by atoms with Crippen molar-refractivity contribution in [3.63, 3.8) is 0 Å². The highest BCUT2D eigenvalue weighted by Gasteiger charge is 2.14.